The van der Waals surface area contributed by atoms with Gasteiger partial charge in [-0.3, -0.25) is 0 Å². The summed E-state index contributed by atoms with van der Waals surface area (Å²) in [4.78, 5) is 8.92. The van der Waals surface area contributed by atoms with Crippen molar-refractivity contribution < 1.29 is 4.42 Å². The van der Waals surface area contributed by atoms with Crippen molar-refractivity contribution in [3.05, 3.63) is 29.4 Å². The van der Waals surface area contributed by atoms with Crippen LogP contribution in [0.2, 0.25) is 0 Å². The van der Waals surface area contributed by atoms with Gasteiger partial charge < -0.3 is 8.98 Å². The molecule has 0 aliphatic carbocycles. The number of fused-ring (bicyclic) bond motifs is 1. The zero-order valence-electron chi connectivity index (χ0n) is 12.4. The van der Waals surface area contributed by atoms with Gasteiger partial charge in [0.05, 0.1) is 17.8 Å². The first-order valence-electron chi connectivity index (χ1n) is 7.09. The second kappa shape index (κ2) is 5.52. The van der Waals surface area contributed by atoms with E-state index in [1.807, 2.05) is 23.1 Å². The van der Waals surface area contributed by atoms with E-state index in [-0.39, 0.29) is 0 Å². The van der Waals surface area contributed by atoms with E-state index in [2.05, 4.69) is 22.0 Å². The Labute approximate surface area is 127 Å². The lowest BCUT2D eigenvalue weighted by molar-refractivity contribution is 0.444. The Bertz CT molecular complexity index is 770. The number of hydrogen-bond donors (Lipinski definition) is 0. The van der Waals surface area contributed by atoms with Crippen molar-refractivity contribution >= 4 is 22.8 Å². The van der Waals surface area contributed by atoms with Gasteiger partial charge in [-0.1, -0.05) is 6.92 Å². The fourth-order valence-electron chi connectivity index (χ4n) is 2.48. The molecular weight excluding hydrogens is 290 g/mol. The van der Waals surface area contributed by atoms with Crippen LogP contribution in [0.1, 0.15) is 37.0 Å². The fourth-order valence-corrected chi connectivity index (χ4v) is 2.68. The molecule has 0 atom stereocenters. The topological polar surface area (TPSA) is 61.7 Å². The molecule has 112 valence electrons. The predicted octanol–water partition coefficient (Wildman–Crippen LogP) is 2.90. The average molecular weight is 308 g/mol. The third-order valence-corrected chi connectivity index (χ3v) is 3.78. The van der Waals surface area contributed by atoms with Gasteiger partial charge in [-0.25, -0.2) is 14.6 Å². The standard InChI is InChI=1S/C14H18ClN5O/c1-4-10-7-16-12(21-10)8-19-11(6-15)17-13-9(3)18-20(5-2)14(13)19/h7H,4-6,8H2,1-3H3. The summed E-state index contributed by atoms with van der Waals surface area (Å²) >= 11 is 6.04. The zero-order valence-corrected chi connectivity index (χ0v) is 13.2. The summed E-state index contributed by atoms with van der Waals surface area (Å²) in [5, 5.41) is 4.51. The summed E-state index contributed by atoms with van der Waals surface area (Å²) in [6, 6.07) is 0. The smallest absolute Gasteiger partial charge is 0.214 e. The number of imidazole rings is 1. The van der Waals surface area contributed by atoms with Crippen LogP contribution in [0.5, 0.6) is 0 Å². The van der Waals surface area contributed by atoms with E-state index in [1.54, 1.807) is 6.20 Å². The number of oxazole rings is 1. The van der Waals surface area contributed by atoms with Crippen molar-refractivity contribution in [1.29, 1.82) is 0 Å². The molecule has 3 aromatic heterocycles. The van der Waals surface area contributed by atoms with Crippen LogP contribution in [0.25, 0.3) is 11.2 Å². The molecule has 0 amide bonds. The molecule has 0 aliphatic heterocycles. The summed E-state index contributed by atoms with van der Waals surface area (Å²) in [6.45, 7) is 7.36. The Morgan fingerprint density at radius 2 is 2.14 bits per heavy atom. The van der Waals surface area contributed by atoms with Crippen LogP contribution < -0.4 is 0 Å². The third kappa shape index (κ3) is 2.33. The molecule has 21 heavy (non-hydrogen) atoms. The van der Waals surface area contributed by atoms with Crippen molar-refractivity contribution in [2.45, 2.75) is 46.2 Å². The normalized spacial score (nSPS) is 11.6. The first-order chi connectivity index (χ1) is 10.2. The second-order valence-electron chi connectivity index (χ2n) is 4.90. The predicted molar refractivity (Wildman–Crippen MR) is 80.5 cm³/mol. The highest BCUT2D eigenvalue weighted by atomic mass is 35.5. The van der Waals surface area contributed by atoms with Gasteiger partial charge in [0.2, 0.25) is 5.89 Å². The van der Waals surface area contributed by atoms with Crippen LogP contribution in [0.3, 0.4) is 0 Å². The maximum absolute atomic E-state index is 6.04. The van der Waals surface area contributed by atoms with Crippen LogP contribution in [0, 0.1) is 6.92 Å². The second-order valence-corrected chi connectivity index (χ2v) is 5.16. The number of nitrogens with zero attached hydrogens (tertiary/aromatic N) is 5. The molecule has 3 heterocycles. The summed E-state index contributed by atoms with van der Waals surface area (Å²) < 4.78 is 9.68. The number of halogens is 1. The maximum atomic E-state index is 6.04. The lowest BCUT2D eigenvalue weighted by atomic mass is 10.4. The number of alkyl halides is 1. The molecule has 0 saturated heterocycles. The molecule has 0 spiro atoms. The van der Waals surface area contributed by atoms with E-state index < -0.39 is 0 Å². The highest BCUT2D eigenvalue weighted by Crippen LogP contribution is 2.22. The lowest BCUT2D eigenvalue weighted by Gasteiger charge is -2.06. The van der Waals surface area contributed by atoms with E-state index >= 15 is 0 Å². The van der Waals surface area contributed by atoms with E-state index in [0.717, 1.165) is 41.4 Å². The van der Waals surface area contributed by atoms with Crippen molar-refractivity contribution in [3.63, 3.8) is 0 Å². The molecule has 0 fully saturated rings. The Morgan fingerprint density at radius 1 is 1.33 bits per heavy atom. The Balaban J connectivity index is 2.10. The van der Waals surface area contributed by atoms with Gasteiger partial charge in [0.15, 0.2) is 5.65 Å². The lowest BCUT2D eigenvalue weighted by Crippen LogP contribution is -2.09. The monoisotopic (exact) mass is 307 g/mol. The molecule has 0 radical (unpaired) electrons. The fraction of sp³-hybridized carbons (Fsp3) is 0.500. The van der Waals surface area contributed by atoms with Crippen molar-refractivity contribution in [1.82, 2.24) is 24.3 Å². The molecule has 0 bridgehead atoms. The molecule has 3 rings (SSSR count). The minimum atomic E-state index is 0.346. The maximum Gasteiger partial charge on any atom is 0.214 e. The van der Waals surface area contributed by atoms with Gasteiger partial charge in [0.1, 0.15) is 23.6 Å². The number of rotatable bonds is 5. The number of hydrogen-bond acceptors (Lipinski definition) is 4. The molecular formula is C14H18ClN5O. The van der Waals surface area contributed by atoms with E-state index in [1.165, 1.54) is 0 Å². The molecule has 3 aromatic rings. The van der Waals surface area contributed by atoms with Crippen LogP contribution in [-0.2, 0) is 25.4 Å². The van der Waals surface area contributed by atoms with Crippen LogP contribution >= 0.6 is 11.6 Å². The minimum Gasteiger partial charge on any atom is -0.444 e. The van der Waals surface area contributed by atoms with Crippen LogP contribution in [0.4, 0.5) is 0 Å². The third-order valence-electron chi connectivity index (χ3n) is 3.54. The highest BCUT2D eigenvalue weighted by Gasteiger charge is 2.19. The molecule has 0 saturated carbocycles. The van der Waals surface area contributed by atoms with Gasteiger partial charge in [-0.2, -0.15) is 5.10 Å². The Morgan fingerprint density at radius 3 is 2.76 bits per heavy atom. The van der Waals surface area contributed by atoms with E-state index in [9.17, 15) is 0 Å². The van der Waals surface area contributed by atoms with E-state index in [4.69, 9.17) is 16.0 Å². The van der Waals surface area contributed by atoms with Crippen molar-refractivity contribution in [3.8, 4) is 0 Å². The largest absolute Gasteiger partial charge is 0.444 e. The van der Waals surface area contributed by atoms with Gasteiger partial charge in [-0.15, -0.1) is 11.6 Å². The first-order valence-corrected chi connectivity index (χ1v) is 7.63. The first kappa shape index (κ1) is 14.1. The molecule has 6 nitrogen and oxygen atoms in total. The van der Waals surface area contributed by atoms with Crippen LogP contribution in [-0.4, -0.2) is 24.3 Å². The van der Waals surface area contributed by atoms with Crippen molar-refractivity contribution in [2.24, 2.45) is 0 Å². The molecule has 0 unspecified atom stereocenters. The van der Waals surface area contributed by atoms with E-state index in [0.29, 0.717) is 18.3 Å². The van der Waals surface area contributed by atoms with Gasteiger partial charge in [0, 0.05) is 13.0 Å². The Hall–Kier alpha value is -1.82. The van der Waals surface area contributed by atoms with Gasteiger partial charge >= 0.3 is 0 Å². The zero-order chi connectivity index (χ0) is 15.0. The average Bonchev–Trinajstić information content (AvgIpc) is 3.16. The van der Waals surface area contributed by atoms with Crippen molar-refractivity contribution in [2.75, 3.05) is 0 Å². The summed E-state index contributed by atoms with van der Waals surface area (Å²) in [5.41, 5.74) is 2.79. The number of aromatic nitrogens is 5. The molecule has 0 N–H and O–H groups in total. The quantitative estimate of drug-likeness (QED) is 0.680. The summed E-state index contributed by atoms with van der Waals surface area (Å²) in [5.74, 6) is 2.71. The number of aryl methyl sites for hydroxylation is 3. The van der Waals surface area contributed by atoms with Gasteiger partial charge in [-0.05, 0) is 13.8 Å². The minimum absolute atomic E-state index is 0.346. The SMILES string of the molecule is CCc1cnc(Cn2c(CCl)nc3c(C)nn(CC)c32)o1. The summed E-state index contributed by atoms with van der Waals surface area (Å²) in [7, 11) is 0. The van der Waals surface area contributed by atoms with Gasteiger partial charge in [0.25, 0.3) is 0 Å². The Kier molecular flexibility index (Phi) is 3.71. The highest BCUT2D eigenvalue weighted by molar-refractivity contribution is 6.16. The summed E-state index contributed by atoms with van der Waals surface area (Å²) in [6.07, 6.45) is 2.60. The van der Waals surface area contributed by atoms with Crippen LogP contribution in [0.15, 0.2) is 10.6 Å². The molecule has 0 aromatic carbocycles. The molecule has 0 aliphatic rings. The molecule has 7 heteroatoms.